The van der Waals surface area contributed by atoms with E-state index in [0.717, 1.165) is 6.42 Å². The van der Waals surface area contributed by atoms with E-state index in [9.17, 15) is 14.4 Å². The zero-order valence-electron chi connectivity index (χ0n) is 15.8. The van der Waals surface area contributed by atoms with E-state index in [2.05, 4.69) is 16.2 Å². The number of nitrogens with zero attached hydrogens (tertiary/aromatic N) is 1. The molecule has 2 aliphatic heterocycles. The van der Waals surface area contributed by atoms with Crippen molar-refractivity contribution in [2.45, 2.75) is 63.8 Å². The number of likely N-dealkylation sites (N-methyl/N-ethyl adjacent to an activating group) is 1. The van der Waals surface area contributed by atoms with Crippen molar-refractivity contribution in [1.29, 1.82) is 0 Å². The molecule has 0 aromatic heterocycles. The van der Waals surface area contributed by atoms with Gasteiger partial charge in [-0.15, -0.1) is 0 Å². The zero-order chi connectivity index (χ0) is 19.4. The van der Waals surface area contributed by atoms with Crippen LogP contribution in [-0.4, -0.2) is 61.3 Å². The van der Waals surface area contributed by atoms with Gasteiger partial charge >= 0.3 is 17.9 Å². The van der Waals surface area contributed by atoms with Crippen LogP contribution >= 0.6 is 0 Å². The Morgan fingerprint density at radius 3 is 2.46 bits per heavy atom. The first-order valence-corrected chi connectivity index (χ1v) is 8.78. The number of rotatable bonds is 6. The molecule has 0 radical (unpaired) electrons. The van der Waals surface area contributed by atoms with Crippen LogP contribution in [0.5, 0.6) is 0 Å². The monoisotopic (exact) mass is 365 g/mol. The summed E-state index contributed by atoms with van der Waals surface area (Å²) in [5.41, 5.74) is 0.653. The number of carbonyl (C=O) groups excluding carboxylic acids is 3. The third-order valence-electron chi connectivity index (χ3n) is 5.22. The van der Waals surface area contributed by atoms with Crippen molar-refractivity contribution in [1.82, 2.24) is 4.90 Å². The normalized spacial score (nSPS) is 28.4. The summed E-state index contributed by atoms with van der Waals surface area (Å²) in [6.45, 7) is 7.06. The second-order valence-electron chi connectivity index (χ2n) is 6.89. The van der Waals surface area contributed by atoms with Crippen molar-refractivity contribution in [3.8, 4) is 0 Å². The summed E-state index contributed by atoms with van der Waals surface area (Å²) in [6.07, 6.45) is 3.08. The molecule has 2 saturated heterocycles. The lowest BCUT2D eigenvalue weighted by Crippen LogP contribution is -2.46. The molecule has 26 heavy (non-hydrogen) atoms. The molecule has 0 aliphatic carbocycles. The van der Waals surface area contributed by atoms with Gasteiger partial charge in [-0.3, -0.25) is 9.69 Å². The van der Waals surface area contributed by atoms with Crippen LogP contribution in [0.15, 0.2) is 23.8 Å². The molecule has 0 spiro atoms. The highest BCUT2D eigenvalue weighted by Crippen LogP contribution is 2.37. The quantitative estimate of drug-likeness (QED) is 0.403. The van der Waals surface area contributed by atoms with Gasteiger partial charge < -0.3 is 14.2 Å². The molecule has 4 atom stereocenters. The van der Waals surface area contributed by atoms with Gasteiger partial charge in [0.15, 0.2) is 0 Å². The molecule has 0 aromatic carbocycles. The Morgan fingerprint density at radius 1 is 1.15 bits per heavy atom. The smallest absolute Gasteiger partial charge is 0.333 e. The van der Waals surface area contributed by atoms with Crippen LogP contribution in [-0.2, 0) is 28.6 Å². The van der Waals surface area contributed by atoms with Crippen LogP contribution in [0, 0.1) is 0 Å². The first-order valence-electron chi connectivity index (χ1n) is 8.78. The molecule has 2 aliphatic rings. The number of piperidine rings is 1. The number of fused-ring (bicyclic) bond motifs is 2. The molecule has 2 fully saturated rings. The Kier molecular flexibility index (Phi) is 6.58. The van der Waals surface area contributed by atoms with Gasteiger partial charge in [-0.05, 0) is 20.9 Å². The van der Waals surface area contributed by atoms with Gasteiger partial charge in [0.2, 0.25) is 0 Å². The summed E-state index contributed by atoms with van der Waals surface area (Å²) in [5, 5.41) is 0. The van der Waals surface area contributed by atoms with Gasteiger partial charge in [0.25, 0.3) is 0 Å². The van der Waals surface area contributed by atoms with E-state index < -0.39 is 11.9 Å². The number of allylic oxidation sites excluding steroid dienone is 1. The van der Waals surface area contributed by atoms with Crippen molar-refractivity contribution < 1.29 is 28.6 Å². The molecular weight excluding hydrogens is 338 g/mol. The van der Waals surface area contributed by atoms with E-state index in [4.69, 9.17) is 9.47 Å². The summed E-state index contributed by atoms with van der Waals surface area (Å²) in [4.78, 5) is 37.6. The minimum absolute atomic E-state index is 0.0176. The highest BCUT2D eigenvalue weighted by atomic mass is 16.6. The average molecular weight is 365 g/mol. The van der Waals surface area contributed by atoms with Crippen molar-refractivity contribution in [2.75, 3.05) is 14.2 Å². The highest BCUT2D eigenvalue weighted by Gasteiger charge is 2.47. The van der Waals surface area contributed by atoms with Crippen LogP contribution in [0.2, 0.25) is 0 Å². The minimum Gasteiger partial charge on any atom is -0.466 e. The molecule has 2 rings (SSSR count). The van der Waals surface area contributed by atoms with E-state index in [1.165, 1.54) is 7.11 Å². The first kappa shape index (κ1) is 20.2. The second kappa shape index (κ2) is 8.49. The van der Waals surface area contributed by atoms with E-state index in [-0.39, 0.29) is 42.3 Å². The Morgan fingerprint density at radius 2 is 1.85 bits per heavy atom. The van der Waals surface area contributed by atoms with Gasteiger partial charge in [-0.25, -0.2) is 9.59 Å². The molecule has 2 bridgehead atoms. The standard InChI is InChI=1S/C19H27NO6/c1-6-11(2)19(23)26-16-9-13-8-14(10-15(16)20(13)4)25-17(21)7-12(3)18(22)24-5/h6,13-16H,3,7-10H2,1-2,4-5H3/b11-6+/t13-,14-,15+,16-/m1/s1. The number of esters is 3. The van der Waals surface area contributed by atoms with Crippen LogP contribution in [0.25, 0.3) is 0 Å². The van der Waals surface area contributed by atoms with Crippen LogP contribution in [0.3, 0.4) is 0 Å². The molecule has 0 unspecified atom stereocenters. The lowest BCUT2D eigenvalue weighted by atomic mass is 10.00. The van der Waals surface area contributed by atoms with E-state index in [1.807, 2.05) is 7.05 Å². The van der Waals surface area contributed by atoms with E-state index >= 15 is 0 Å². The molecule has 0 amide bonds. The summed E-state index contributed by atoms with van der Waals surface area (Å²) < 4.78 is 15.7. The SMILES string of the molecule is C=C(CC(=O)O[C@@H]1C[C@@H]2C[C@@H](OC(=O)/C(C)=C/C)[C@H](C1)N2C)C(=O)OC. The molecular formula is C19H27NO6. The molecule has 7 heteroatoms. The molecule has 144 valence electrons. The number of ether oxygens (including phenoxy) is 3. The van der Waals surface area contributed by atoms with Gasteiger partial charge in [0, 0.05) is 36.5 Å². The lowest BCUT2D eigenvalue weighted by Gasteiger charge is -2.36. The predicted octanol–water partition coefficient (Wildman–Crippen LogP) is 1.76. The zero-order valence-corrected chi connectivity index (χ0v) is 15.8. The van der Waals surface area contributed by atoms with Crippen molar-refractivity contribution in [3.05, 3.63) is 23.8 Å². The number of hydrogen-bond acceptors (Lipinski definition) is 7. The largest absolute Gasteiger partial charge is 0.466 e. The van der Waals surface area contributed by atoms with Crippen LogP contribution < -0.4 is 0 Å². The fourth-order valence-corrected chi connectivity index (χ4v) is 3.56. The maximum absolute atomic E-state index is 12.1. The predicted molar refractivity (Wildman–Crippen MR) is 94.2 cm³/mol. The maximum Gasteiger partial charge on any atom is 0.333 e. The molecule has 2 heterocycles. The van der Waals surface area contributed by atoms with Gasteiger partial charge in [0.1, 0.15) is 12.2 Å². The number of hydrogen-bond donors (Lipinski definition) is 0. The fraction of sp³-hybridized carbons (Fsp3) is 0.632. The fourth-order valence-electron chi connectivity index (χ4n) is 3.56. The maximum atomic E-state index is 12.1. The Hall–Kier alpha value is -2.15. The Bertz CT molecular complexity index is 626. The van der Waals surface area contributed by atoms with Gasteiger partial charge in [-0.1, -0.05) is 12.7 Å². The summed E-state index contributed by atoms with van der Waals surface area (Å²) in [7, 11) is 3.24. The minimum atomic E-state index is -0.614. The van der Waals surface area contributed by atoms with Crippen molar-refractivity contribution in [2.24, 2.45) is 0 Å². The number of methoxy groups -OCH3 is 1. The Balaban J connectivity index is 1.92. The summed E-state index contributed by atoms with van der Waals surface area (Å²) in [6, 6.07) is 0.211. The van der Waals surface area contributed by atoms with Crippen LogP contribution in [0.4, 0.5) is 0 Å². The van der Waals surface area contributed by atoms with Crippen molar-refractivity contribution in [3.63, 3.8) is 0 Å². The third-order valence-corrected chi connectivity index (χ3v) is 5.22. The van der Waals surface area contributed by atoms with E-state index in [0.29, 0.717) is 18.4 Å². The number of carbonyl (C=O) groups is 3. The van der Waals surface area contributed by atoms with Crippen LogP contribution in [0.1, 0.15) is 39.5 Å². The molecule has 7 nitrogen and oxygen atoms in total. The summed E-state index contributed by atoms with van der Waals surface area (Å²) >= 11 is 0. The average Bonchev–Trinajstić information content (AvgIpc) is 2.78. The topological polar surface area (TPSA) is 82.1 Å². The second-order valence-corrected chi connectivity index (χ2v) is 6.89. The lowest BCUT2D eigenvalue weighted by molar-refractivity contribution is -0.155. The summed E-state index contributed by atoms with van der Waals surface area (Å²) in [5.74, 6) is -1.41. The molecule has 0 N–H and O–H groups in total. The highest BCUT2D eigenvalue weighted by molar-refractivity contribution is 5.93. The van der Waals surface area contributed by atoms with Crippen molar-refractivity contribution >= 4 is 17.9 Å². The van der Waals surface area contributed by atoms with E-state index in [1.54, 1.807) is 19.9 Å². The van der Waals surface area contributed by atoms with Gasteiger partial charge in [0.05, 0.1) is 19.6 Å². The van der Waals surface area contributed by atoms with Gasteiger partial charge in [-0.2, -0.15) is 0 Å². The first-order chi connectivity index (χ1) is 12.3. The third kappa shape index (κ3) is 4.52. The molecule has 0 aromatic rings. The molecule has 0 saturated carbocycles. The Labute approximate surface area is 154 Å².